The van der Waals surface area contributed by atoms with Gasteiger partial charge in [0.25, 0.3) is 0 Å². The predicted molar refractivity (Wildman–Crippen MR) is 141 cm³/mol. The molecule has 1 aromatic carbocycles. The maximum atomic E-state index is 15.4. The number of alkyl halides is 1. The van der Waals surface area contributed by atoms with Crippen molar-refractivity contribution in [3.63, 3.8) is 0 Å². The van der Waals surface area contributed by atoms with Gasteiger partial charge in [-0.15, -0.1) is 11.8 Å². The van der Waals surface area contributed by atoms with Crippen molar-refractivity contribution in [2.75, 3.05) is 32.5 Å². The number of carbonyl (C=O) groups is 1. The van der Waals surface area contributed by atoms with Gasteiger partial charge in [0.05, 0.1) is 12.6 Å². The van der Waals surface area contributed by atoms with Gasteiger partial charge < -0.3 is 14.7 Å². The van der Waals surface area contributed by atoms with Gasteiger partial charge in [-0.25, -0.2) is 4.39 Å². The fraction of sp³-hybridized carbons (Fsp3) is 0.481. The summed E-state index contributed by atoms with van der Waals surface area (Å²) in [5.41, 5.74) is 1.38. The third-order valence-corrected chi connectivity index (χ3v) is 8.82. The quantitative estimate of drug-likeness (QED) is 0.214. The molecule has 5 nitrogen and oxygen atoms in total. The van der Waals surface area contributed by atoms with Crippen molar-refractivity contribution in [2.45, 2.75) is 43.2 Å². The third kappa shape index (κ3) is 7.18. The zero-order valence-corrected chi connectivity index (χ0v) is 21.7. The highest BCUT2D eigenvalue weighted by molar-refractivity contribution is 7.99. The van der Waals surface area contributed by atoms with Crippen LogP contribution in [0.4, 0.5) is 4.39 Å². The van der Waals surface area contributed by atoms with Crippen LogP contribution in [0.5, 0.6) is 5.75 Å². The van der Waals surface area contributed by atoms with Gasteiger partial charge in [-0.3, -0.25) is 9.78 Å². The Labute approximate surface area is 214 Å². The van der Waals surface area contributed by atoms with Crippen LogP contribution in [0.3, 0.4) is 0 Å². The second-order valence-corrected chi connectivity index (χ2v) is 11.1. The molecule has 188 valence electrons. The van der Waals surface area contributed by atoms with E-state index < -0.39 is 12.1 Å². The number of fused-ring (bicyclic) bond motifs is 1. The lowest BCUT2D eigenvalue weighted by atomic mass is 9.79. The molecule has 0 spiro atoms. The van der Waals surface area contributed by atoms with E-state index in [9.17, 15) is 9.90 Å². The first-order valence-electron chi connectivity index (χ1n) is 12.2. The summed E-state index contributed by atoms with van der Waals surface area (Å²) in [6.07, 6.45) is 3.76. The molecule has 1 N–H and O–H groups in total. The van der Waals surface area contributed by atoms with E-state index in [1.165, 1.54) is 4.90 Å². The van der Waals surface area contributed by atoms with Crippen molar-refractivity contribution in [3.8, 4) is 5.75 Å². The number of thioether (sulfide) groups is 1. The number of hydrogen-bond acceptors (Lipinski definition) is 6. The number of thiophene rings is 1. The second-order valence-electron chi connectivity index (χ2n) is 9.20. The minimum atomic E-state index is -1.12. The van der Waals surface area contributed by atoms with Crippen LogP contribution in [-0.4, -0.2) is 53.5 Å². The molecule has 3 aromatic rings. The summed E-state index contributed by atoms with van der Waals surface area (Å²) in [6, 6.07) is 9.41. The van der Waals surface area contributed by atoms with E-state index in [1.807, 2.05) is 30.0 Å². The van der Waals surface area contributed by atoms with Crippen LogP contribution < -0.4 is 4.74 Å². The van der Waals surface area contributed by atoms with Gasteiger partial charge in [0, 0.05) is 34.8 Å². The number of piperidine rings is 1. The number of benzene rings is 1. The minimum absolute atomic E-state index is 0.0623. The van der Waals surface area contributed by atoms with E-state index in [0.717, 1.165) is 49.1 Å². The average molecular weight is 517 g/mol. The summed E-state index contributed by atoms with van der Waals surface area (Å²) >= 11 is 3.59. The molecule has 0 unspecified atom stereocenters. The highest BCUT2D eigenvalue weighted by Gasteiger charge is 2.31. The van der Waals surface area contributed by atoms with Gasteiger partial charge in [-0.2, -0.15) is 11.3 Å². The van der Waals surface area contributed by atoms with E-state index in [1.54, 1.807) is 30.7 Å². The van der Waals surface area contributed by atoms with Gasteiger partial charge in [-0.1, -0.05) is 0 Å². The topological polar surface area (TPSA) is 62.7 Å². The third-order valence-electron chi connectivity index (χ3n) is 6.91. The number of methoxy groups -OCH3 is 1. The van der Waals surface area contributed by atoms with E-state index in [-0.39, 0.29) is 18.3 Å². The van der Waals surface area contributed by atoms with Crippen LogP contribution in [0.1, 0.15) is 43.8 Å². The summed E-state index contributed by atoms with van der Waals surface area (Å²) in [6.45, 7) is 2.72. The number of pyridine rings is 1. The number of aromatic nitrogens is 1. The standard InChI is InChI=1S/C27H33FN2O3S2/c1-33-21-4-6-26-24(16-21)23(7-10-29-26)25(28)5-3-19-8-12-30(17-20(19)15-27(31)32)11-2-13-35-22-9-14-34-18-22/h4,6-7,9-10,14,16,18-20,25H,2-3,5,8,11-13,15,17H2,1H3,(H,31,32)/t19-,20+,25-/m1/s1. The van der Waals surface area contributed by atoms with E-state index >= 15 is 4.39 Å². The molecule has 1 aliphatic rings. The van der Waals surface area contributed by atoms with Gasteiger partial charge in [0.1, 0.15) is 11.9 Å². The van der Waals surface area contributed by atoms with Crippen molar-refractivity contribution < 1.29 is 19.0 Å². The van der Waals surface area contributed by atoms with Gasteiger partial charge in [-0.05, 0) is 97.6 Å². The SMILES string of the molecule is COc1ccc2nccc([C@H](F)CC[C@@H]3CCN(CCCSc4ccsc4)C[C@@H]3CC(=O)O)c2c1. The molecule has 8 heteroatoms. The Hall–Kier alpha value is -2.16. The lowest BCUT2D eigenvalue weighted by Crippen LogP contribution is -2.42. The predicted octanol–water partition coefficient (Wildman–Crippen LogP) is 6.69. The number of aliphatic carboxylic acids is 1. The highest BCUT2D eigenvalue weighted by atomic mass is 32.2. The van der Waals surface area contributed by atoms with Crippen LogP contribution in [0.15, 0.2) is 52.2 Å². The first-order chi connectivity index (χ1) is 17.0. The van der Waals surface area contributed by atoms with Gasteiger partial charge in [0.15, 0.2) is 0 Å². The van der Waals surface area contributed by atoms with E-state index in [2.05, 4.69) is 26.7 Å². The lowest BCUT2D eigenvalue weighted by Gasteiger charge is -2.38. The molecule has 1 aliphatic heterocycles. The Kier molecular flexibility index (Phi) is 9.40. The Bertz CT molecular complexity index is 1100. The first kappa shape index (κ1) is 25.9. The average Bonchev–Trinajstić information content (AvgIpc) is 3.38. The number of carboxylic acids is 1. The van der Waals surface area contributed by atoms with Crippen LogP contribution in [0.2, 0.25) is 0 Å². The lowest BCUT2D eigenvalue weighted by molar-refractivity contribution is -0.139. The Morgan fingerprint density at radius 3 is 3.00 bits per heavy atom. The zero-order chi connectivity index (χ0) is 24.6. The van der Waals surface area contributed by atoms with E-state index in [0.29, 0.717) is 24.2 Å². The first-order valence-corrected chi connectivity index (χ1v) is 14.1. The largest absolute Gasteiger partial charge is 0.497 e. The van der Waals surface area contributed by atoms with Crippen molar-refractivity contribution in [1.82, 2.24) is 9.88 Å². The number of nitrogens with zero attached hydrogens (tertiary/aromatic N) is 2. The smallest absolute Gasteiger partial charge is 0.303 e. The summed E-state index contributed by atoms with van der Waals surface area (Å²) in [5, 5.41) is 14.5. The van der Waals surface area contributed by atoms with Crippen LogP contribution in [0, 0.1) is 11.8 Å². The molecule has 2 aromatic heterocycles. The molecule has 0 amide bonds. The maximum absolute atomic E-state index is 15.4. The molecule has 35 heavy (non-hydrogen) atoms. The van der Waals surface area contributed by atoms with Crippen LogP contribution in [-0.2, 0) is 4.79 Å². The molecule has 0 radical (unpaired) electrons. The molecule has 3 heterocycles. The number of halogens is 1. The number of likely N-dealkylation sites (tertiary alicyclic amines) is 1. The Morgan fingerprint density at radius 2 is 2.23 bits per heavy atom. The second kappa shape index (κ2) is 12.7. The van der Waals surface area contributed by atoms with Gasteiger partial charge >= 0.3 is 5.97 Å². The Morgan fingerprint density at radius 1 is 1.34 bits per heavy atom. The molecule has 1 saturated heterocycles. The molecule has 0 saturated carbocycles. The Balaban J connectivity index is 1.32. The van der Waals surface area contributed by atoms with Crippen molar-refractivity contribution in [2.24, 2.45) is 11.8 Å². The molecule has 0 aliphatic carbocycles. The summed E-state index contributed by atoms with van der Waals surface area (Å²) in [5.74, 6) is 1.27. The monoisotopic (exact) mass is 516 g/mol. The zero-order valence-electron chi connectivity index (χ0n) is 20.1. The number of rotatable bonds is 12. The fourth-order valence-electron chi connectivity index (χ4n) is 5.07. The molecule has 4 rings (SSSR count). The maximum Gasteiger partial charge on any atom is 0.303 e. The molecular formula is C27H33FN2O3S2. The summed E-state index contributed by atoms with van der Waals surface area (Å²) < 4.78 is 20.8. The fourth-order valence-corrected chi connectivity index (χ4v) is 6.78. The minimum Gasteiger partial charge on any atom is -0.497 e. The van der Waals surface area contributed by atoms with Crippen molar-refractivity contribution in [3.05, 3.63) is 52.9 Å². The van der Waals surface area contributed by atoms with Crippen LogP contribution >= 0.6 is 23.1 Å². The molecule has 0 bridgehead atoms. The number of ether oxygens (including phenoxy) is 1. The molecule has 3 atom stereocenters. The van der Waals surface area contributed by atoms with Crippen molar-refractivity contribution >= 4 is 40.0 Å². The molecular weight excluding hydrogens is 483 g/mol. The number of hydrogen-bond donors (Lipinski definition) is 1. The summed E-state index contributed by atoms with van der Waals surface area (Å²) in [7, 11) is 1.60. The van der Waals surface area contributed by atoms with Crippen LogP contribution in [0.25, 0.3) is 10.9 Å². The molecule has 1 fully saturated rings. The highest BCUT2D eigenvalue weighted by Crippen LogP contribution is 2.36. The van der Waals surface area contributed by atoms with E-state index in [4.69, 9.17) is 4.74 Å². The number of carboxylic acid groups (broad SMARTS) is 1. The van der Waals surface area contributed by atoms with Gasteiger partial charge in [0.2, 0.25) is 0 Å². The normalized spacial score (nSPS) is 19.6. The van der Waals surface area contributed by atoms with Crippen molar-refractivity contribution in [1.29, 1.82) is 0 Å². The summed E-state index contributed by atoms with van der Waals surface area (Å²) in [4.78, 5) is 19.6.